The zero-order chi connectivity index (χ0) is 5.21. The Balaban J connectivity index is -0.000000125. The van der Waals surface area contributed by atoms with Crippen LogP contribution >= 0.6 is 7.82 Å². The van der Waals surface area contributed by atoms with Gasteiger partial charge in [0.05, 0.1) is 0 Å². The fourth-order valence-corrected chi connectivity index (χ4v) is 0. The van der Waals surface area contributed by atoms with Crippen LogP contribution in [0.2, 0.25) is 0 Å². The van der Waals surface area contributed by atoms with Crippen molar-refractivity contribution in [2.24, 2.45) is 0 Å². The molecule has 0 spiro atoms. The van der Waals surface area contributed by atoms with Gasteiger partial charge in [0.25, 0.3) is 8.05 Å². The first kappa shape index (κ1) is 15.7. The molecule has 0 atom stereocenters. The van der Waals surface area contributed by atoms with Gasteiger partial charge < -0.3 is 25.9 Å². The minimum absolute atomic E-state index is 0. The van der Waals surface area contributed by atoms with Crippen LogP contribution in [0.15, 0.2) is 0 Å². The molecule has 7 N–H and O–H groups in total. The van der Waals surface area contributed by atoms with E-state index in [4.69, 9.17) is 9.79 Å². The predicted octanol–water partition coefficient (Wildman–Crippen LogP) is -2.02. The summed E-state index contributed by atoms with van der Waals surface area (Å²) in [7, 11) is -3.20. The maximum Gasteiger partial charge on any atom is 0.454 e. The summed E-state index contributed by atoms with van der Waals surface area (Å²) < 4.78 is 13.1. The van der Waals surface area contributed by atoms with Crippen molar-refractivity contribution < 1.29 is 24.3 Å². The van der Waals surface area contributed by atoms with Gasteiger partial charge in [-0.2, -0.15) is 0 Å². The molecule has 0 fully saturated rings. The van der Waals surface area contributed by atoms with E-state index in [1.54, 1.807) is 0 Å². The summed E-state index contributed by atoms with van der Waals surface area (Å²) in [5.74, 6) is 0. The Labute approximate surface area is 47.4 Å². The van der Waals surface area contributed by atoms with Crippen molar-refractivity contribution in [3.63, 3.8) is 0 Å². The van der Waals surface area contributed by atoms with Crippen LogP contribution in [0.5, 0.6) is 0 Å². The van der Waals surface area contributed by atoms with Crippen molar-refractivity contribution in [1.82, 2.24) is 6.15 Å². The van der Waals surface area contributed by atoms with Gasteiger partial charge in [-0.25, -0.2) is 4.57 Å². The largest absolute Gasteiger partial charge is 0.454 e. The average Bonchev–Trinajstić information content (AvgIpc) is 1.35. The van der Waals surface area contributed by atoms with E-state index in [1.807, 2.05) is 0 Å². The molecule has 6 nitrogen and oxygen atoms in total. The van der Waals surface area contributed by atoms with Crippen LogP contribution in [0.1, 0.15) is 0 Å². The molecule has 0 aromatic rings. The third-order valence-electron chi connectivity index (χ3n) is 0.238. The van der Waals surface area contributed by atoms with Gasteiger partial charge in [-0.1, -0.05) is 0 Å². The summed E-state index contributed by atoms with van der Waals surface area (Å²) in [6, 6.07) is 0. The number of hydrogen-bond donors (Lipinski definition) is 3. The normalized spacial score (nSPS) is 8.75. The molecule has 0 saturated heterocycles. The van der Waals surface area contributed by atoms with Gasteiger partial charge in [-0.3, -0.25) is 0 Å². The summed E-state index contributed by atoms with van der Waals surface area (Å²) in [4.78, 5) is 15.4. The summed E-state index contributed by atoms with van der Waals surface area (Å²) in [5, 5.41) is 0. The Hall–Kier alpha value is 0.0949. The van der Waals surface area contributed by atoms with E-state index in [9.17, 15) is 4.57 Å². The van der Waals surface area contributed by atoms with Crippen molar-refractivity contribution in [2.45, 2.75) is 0 Å². The number of hydrogen-bond acceptors (Lipinski definition) is 3. The lowest BCUT2D eigenvalue weighted by Crippen LogP contribution is -1.78. The molecular formula is H9BNO5P. The molecule has 52 valence electrons. The van der Waals surface area contributed by atoms with Crippen molar-refractivity contribution in [3.05, 3.63) is 0 Å². The monoisotopic (exact) mass is 145 g/mol. The SMILES string of the molecule is BOP(=O)(O)O.N.O. The molecule has 8 heavy (non-hydrogen) atoms. The average molecular weight is 145 g/mol. The van der Waals surface area contributed by atoms with Gasteiger partial charge in [0.1, 0.15) is 0 Å². The second-order valence-electron chi connectivity index (χ2n) is 0.673. The molecule has 0 aliphatic heterocycles. The van der Waals surface area contributed by atoms with Gasteiger partial charge in [0, 0.05) is 0 Å². The van der Waals surface area contributed by atoms with E-state index in [2.05, 4.69) is 4.44 Å². The molecule has 0 aromatic heterocycles. The van der Waals surface area contributed by atoms with Gasteiger partial charge >= 0.3 is 7.82 Å². The molecule has 0 bridgehead atoms. The molecular weight excluding hydrogens is 136 g/mol. The van der Waals surface area contributed by atoms with E-state index in [0.29, 0.717) is 0 Å². The first-order valence-corrected chi connectivity index (χ1v) is 2.70. The molecule has 0 amide bonds. The minimum Gasteiger partial charge on any atom is -0.412 e. The van der Waals surface area contributed by atoms with Gasteiger partial charge in [0.2, 0.25) is 0 Å². The van der Waals surface area contributed by atoms with Crippen LogP contribution in [0, 0.1) is 0 Å². The van der Waals surface area contributed by atoms with E-state index in [-0.39, 0.29) is 11.6 Å². The molecule has 0 heterocycles. The van der Waals surface area contributed by atoms with Crippen LogP contribution in [0.25, 0.3) is 0 Å². The second kappa shape index (κ2) is 5.24. The van der Waals surface area contributed by atoms with Crippen LogP contribution < -0.4 is 6.15 Å². The standard InChI is InChI=1S/BH4O4P.H3N.H2O/c1-5-6(2,3)4;;/h1H2,(H2,2,3,4);1H3;1H2. The van der Waals surface area contributed by atoms with Gasteiger partial charge in [-0.05, 0) is 0 Å². The molecule has 0 rings (SSSR count). The zero-order valence-corrected chi connectivity index (χ0v) is 5.26. The molecule has 8 heteroatoms. The van der Waals surface area contributed by atoms with Crippen molar-refractivity contribution in [2.75, 3.05) is 0 Å². The van der Waals surface area contributed by atoms with Crippen LogP contribution in [-0.2, 0) is 9.01 Å². The molecule has 0 radical (unpaired) electrons. The summed E-state index contributed by atoms with van der Waals surface area (Å²) in [6.07, 6.45) is 0. The highest BCUT2D eigenvalue weighted by Gasteiger charge is 2.06. The van der Waals surface area contributed by atoms with E-state index < -0.39 is 7.82 Å². The van der Waals surface area contributed by atoms with E-state index >= 15 is 0 Å². The molecule has 0 aromatic carbocycles. The van der Waals surface area contributed by atoms with E-state index in [0.717, 1.165) is 8.05 Å². The highest BCUT2D eigenvalue weighted by Crippen LogP contribution is 2.33. The Morgan fingerprint density at radius 1 is 1.50 bits per heavy atom. The highest BCUT2D eigenvalue weighted by molar-refractivity contribution is 7.47. The lowest BCUT2D eigenvalue weighted by molar-refractivity contribution is 0.292. The first-order chi connectivity index (χ1) is 2.56. The van der Waals surface area contributed by atoms with Gasteiger partial charge in [0.15, 0.2) is 0 Å². The Bertz CT molecular complexity index is 76.5. The number of phosphoric acid groups is 1. The quantitative estimate of drug-likeness (QED) is 0.289. The van der Waals surface area contributed by atoms with E-state index in [1.165, 1.54) is 0 Å². The smallest absolute Gasteiger partial charge is 0.412 e. The molecule has 0 saturated carbocycles. The topological polar surface area (TPSA) is 133 Å². The molecule has 0 unspecified atom stereocenters. The summed E-state index contributed by atoms with van der Waals surface area (Å²) >= 11 is 0. The van der Waals surface area contributed by atoms with Crippen LogP contribution in [-0.4, -0.2) is 23.3 Å². The van der Waals surface area contributed by atoms with Crippen molar-refractivity contribution in [1.29, 1.82) is 0 Å². The maximum atomic E-state index is 9.47. The van der Waals surface area contributed by atoms with Crippen LogP contribution in [0.3, 0.4) is 0 Å². The third kappa shape index (κ3) is 16.5. The third-order valence-corrected chi connectivity index (χ3v) is 0.714. The Kier molecular flexibility index (Phi) is 10.3. The first-order valence-electron chi connectivity index (χ1n) is 1.17. The fraction of sp³-hybridized carbons (Fsp3) is 0. The Morgan fingerprint density at radius 2 is 1.62 bits per heavy atom. The minimum atomic E-state index is -4.15. The highest BCUT2D eigenvalue weighted by atomic mass is 31.2. The summed E-state index contributed by atoms with van der Waals surface area (Å²) in [6.45, 7) is 0. The predicted molar refractivity (Wildman–Crippen MR) is 30.3 cm³/mol. The lowest BCUT2D eigenvalue weighted by Gasteiger charge is -1.94. The van der Waals surface area contributed by atoms with Crippen molar-refractivity contribution in [3.8, 4) is 0 Å². The molecule has 0 aliphatic rings. The fourth-order valence-electron chi connectivity index (χ4n) is 0. The van der Waals surface area contributed by atoms with Crippen LogP contribution in [0.4, 0.5) is 0 Å². The summed E-state index contributed by atoms with van der Waals surface area (Å²) in [5.41, 5.74) is 0. The second-order valence-corrected chi connectivity index (χ2v) is 2.02. The van der Waals surface area contributed by atoms with Crippen molar-refractivity contribution >= 4 is 15.9 Å². The maximum absolute atomic E-state index is 9.47. The number of rotatable bonds is 1. The van der Waals surface area contributed by atoms with Gasteiger partial charge in [-0.15, -0.1) is 0 Å². The lowest BCUT2D eigenvalue weighted by atomic mass is 10.6. The Morgan fingerprint density at radius 3 is 1.62 bits per heavy atom. The molecule has 0 aliphatic carbocycles. The zero-order valence-electron chi connectivity index (χ0n) is 4.37.